The van der Waals surface area contributed by atoms with E-state index in [9.17, 15) is 15.1 Å². The van der Waals surface area contributed by atoms with Crippen molar-refractivity contribution < 1.29 is 61.7 Å². The molecule has 12 atom stereocenters. The summed E-state index contributed by atoms with van der Waals surface area (Å²) in [5, 5.41) is 4.01. The van der Waals surface area contributed by atoms with E-state index in [2.05, 4.69) is 10.0 Å². The zero-order valence-corrected chi connectivity index (χ0v) is 31.7. The number of fused-ring (bicyclic) bond motifs is 2. The highest BCUT2D eigenvalue weighted by atomic mass is 16.8. The largest absolute Gasteiger partial charge is 0.497 e. The first-order chi connectivity index (χ1) is 25.7. The van der Waals surface area contributed by atoms with Gasteiger partial charge in [-0.1, -0.05) is 47.6 Å². The molecule has 2 aromatic carbocycles. The fraction of sp³-hybridized carbons (Fsp3) is 0.632. The van der Waals surface area contributed by atoms with Crippen LogP contribution >= 0.6 is 0 Å². The van der Waals surface area contributed by atoms with Crippen molar-refractivity contribution in [1.29, 1.82) is 0 Å². The summed E-state index contributed by atoms with van der Waals surface area (Å²) in [7, 11) is 2.98. The number of ether oxygens (including phenoxy) is 11. The molecule has 0 N–H and O–H groups in total. The molecule has 4 aliphatic heterocycles. The van der Waals surface area contributed by atoms with Gasteiger partial charge >= 0.3 is 11.9 Å². The molecule has 4 aliphatic rings. The molecule has 0 bridgehead atoms. The van der Waals surface area contributed by atoms with Crippen molar-refractivity contribution in [2.24, 2.45) is 15.9 Å². The van der Waals surface area contributed by atoms with Crippen LogP contribution in [0.5, 0.6) is 5.75 Å². The van der Waals surface area contributed by atoms with E-state index in [1.54, 1.807) is 72.9 Å². The molecule has 6 rings (SSSR count). The maximum atomic E-state index is 13.7. The fourth-order valence-corrected chi connectivity index (χ4v) is 6.47. The number of hydrogen-bond donors (Lipinski definition) is 0. The molecule has 294 valence electrons. The lowest BCUT2D eigenvalue weighted by Crippen LogP contribution is -2.68. The zero-order valence-electron chi connectivity index (χ0n) is 31.7. The Morgan fingerprint density at radius 3 is 1.74 bits per heavy atom. The van der Waals surface area contributed by atoms with Gasteiger partial charge in [0.1, 0.15) is 42.3 Å². The monoisotopic (exact) mass is 755 g/mol. The van der Waals surface area contributed by atoms with Gasteiger partial charge in [0.2, 0.25) is 0 Å². The first-order valence-corrected chi connectivity index (χ1v) is 17.9. The number of rotatable bonds is 9. The second-order valence-electron chi connectivity index (χ2n) is 15.6. The predicted molar refractivity (Wildman–Crippen MR) is 187 cm³/mol. The third kappa shape index (κ3) is 8.67. The minimum Gasteiger partial charge on any atom is -0.497 e. The van der Waals surface area contributed by atoms with Crippen molar-refractivity contribution >= 4 is 11.9 Å². The Kier molecular flexibility index (Phi) is 12.2. The van der Waals surface area contributed by atoms with Crippen molar-refractivity contribution in [3.63, 3.8) is 0 Å². The van der Waals surface area contributed by atoms with Gasteiger partial charge in [-0.25, -0.2) is 0 Å². The standard InChI is InChI=1S/C38H49N3O13/c1-37(2,3)35(42)53-29-27-24(19-47-32(51-27)21-14-16-22(44-7)17-15-21)49-34(30(29)54-36(43)38(4,5)6)52-28-25(40-41-39)33(45-8)48-23-18-46-31(50-26(23)28)20-12-10-9-11-13-20/h9-17,23-34H,18-19H2,1-8H3/t23-,24-,25-,26-,27-,28-,29+,30-,31-,32-,33-,34+/m1/s1. The van der Waals surface area contributed by atoms with Crippen molar-refractivity contribution in [2.75, 3.05) is 27.4 Å². The maximum Gasteiger partial charge on any atom is 0.311 e. The van der Waals surface area contributed by atoms with Crippen LogP contribution in [0.25, 0.3) is 10.4 Å². The summed E-state index contributed by atoms with van der Waals surface area (Å²) < 4.78 is 68.0. The van der Waals surface area contributed by atoms with Crippen molar-refractivity contribution in [2.45, 2.75) is 115 Å². The molecule has 16 heteroatoms. The van der Waals surface area contributed by atoms with E-state index in [-0.39, 0.29) is 13.2 Å². The molecule has 54 heavy (non-hydrogen) atoms. The Morgan fingerprint density at radius 1 is 0.704 bits per heavy atom. The van der Waals surface area contributed by atoms with Gasteiger partial charge in [0.15, 0.2) is 37.4 Å². The number of carbonyl (C=O) groups excluding carboxylic acids is 2. The van der Waals surface area contributed by atoms with Crippen LogP contribution in [-0.4, -0.2) is 101 Å². The molecular formula is C38H49N3O13. The first-order valence-electron chi connectivity index (χ1n) is 17.9. The summed E-state index contributed by atoms with van der Waals surface area (Å²) in [6.07, 6.45) is -11.4. The highest BCUT2D eigenvalue weighted by molar-refractivity contribution is 5.76. The number of carbonyl (C=O) groups is 2. The van der Waals surface area contributed by atoms with Crippen LogP contribution < -0.4 is 4.74 Å². The van der Waals surface area contributed by atoms with Gasteiger partial charge in [-0.3, -0.25) is 9.59 Å². The zero-order chi connectivity index (χ0) is 38.8. The Labute approximate surface area is 314 Å². The van der Waals surface area contributed by atoms with E-state index in [0.717, 1.165) is 5.56 Å². The lowest BCUT2D eigenvalue weighted by atomic mass is 9.93. The van der Waals surface area contributed by atoms with Gasteiger partial charge in [0.25, 0.3) is 0 Å². The van der Waals surface area contributed by atoms with Crippen molar-refractivity contribution in [1.82, 2.24) is 0 Å². The highest BCUT2D eigenvalue weighted by Crippen LogP contribution is 2.42. The smallest absolute Gasteiger partial charge is 0.311 e. The molecule has 4 fully saturated rings. The number of esters is 2. The first kappa shape index (κ1) is 39.9. The van der Waals surface area contributed by atoms with Gasteiger partial charge < -0.3 is 52.1 Å². The summed E-state index contributed by atoms with van der Waals surface area (Å²) in [5.41, 5.74) is 9.19. The topological polar surface area (TPSA) is 184 Å². The SMILES string of the molecule is COc1ccc([C@@H]2OC[C@H]3O[C@@H](O[C@@H]4[C@@H](N=[N+]=[N-])[C@H](OC)O[C@@H]5CO[C@@H](c6ccccc6)O[C@@H]45)[C@H](OC(=O)C(C)(C)C)[C@@H](OC(=O)C(C)(C)C)[C@@H]3O2)cc1. The van der Waals surface area contributed by atoms with Gasteiger partial charge in [-0.2, -0.15) is 0 Å². The quantitative estimate of drug-likeness (QED) is 0.139. The van der Waals surface area contributed by atoms with E-state index >= 15 is 0 Å². The number of nitrogens with zero attached hydrogens (tertiary/aromatic N) is 3. The minimum absolute atomic E-state index is 0.00848. The number of benzene rings is 2. The molecule has 0 radical (unpaired) electrons. The fourth-order valence-electron chi connectivity index (χ4n) is 6.47. The molecule has 0 spiro atoms. The summed E-state index contributed by atoms with van der Waals surface area (Å²) in [6, 6.07) is 15.3. The summed E-state index contributed by atoms with van der Waals surface area (Å²) in [4.78, 5) is 30.4. The van der Waals surface area contributed by atoms with E-state index in [4.69, 9.17) is 52.1 Å². The van der Waals surface area contributed by atoms with Gasteiger partial charge in [0, 0.05) is 23.1 Å². The molecule has 0 amide bonds. The average molecular weight is 756 g/mol. The average Bonchev–Trinajstić information content (AvgIpc) is 3.15. The van der Waals surface area contributed by atoms with Crippen LogP contribution in [-0.2, 0) is 57.0 Å². The Balaban J connectivity index is 1.38. The van der Waals surface area contributed by atoms with E-state index in [1.165, 1.54) is 7.11 Å². The predicted octanol–water partition coefficient (Wildman–Crippen LogP) is 5.30. The second-order valence-corrected chi connectivity index (χ2v) is 15.6. The van der Waals surface area contributed by atoms with Crippen LogP contribution in [0.4, 0.5) is 0 Å². The lowest BCUT2D eigenvalue weighted by Gasteiger charge is -2.52. The Morgan fingerprint density at radius 2 is 1.22 bits per heavy atom. The van der Waals surface area contributed by atoms with Crippen LogP contribution in [0, 0.1) is 10.8 Å². The third-order valence-corrected chi connectivity index (χ3v) is 9.47. The van der Waals surface area contributed by atoms with Gasteiger partial charge in [-0.15, -0.1) is 0 Å². The third-order valence-electron chi connectivity index (χ3n) is 9.47. The summed E-state index contributed by atoms with van der Waals surface area (Å²) in [6.45, 7) is 10.3. The molecule has 4 heterocycles. The van der Waals surface area contributed by atoms with Crippen molar-refractivity contribution in [3.8, 4) is 5.75 Å². The molecule has 2 aromatic rings. The van der Waals surface area contributed by atoms with E-state index < -0.39 is 96.7 Å². The molecule has 4 saturated heterocycles. The molecule has 0 aromatic heterocycles. The Hall–Kier alpha value is -3.83. The summed E-state index contributed by atoms with van der Waals surface area (Å²) >= 11 is 0. The van der Waals surface area contributed by atoms with E-state index in [0.29, 0.717) is 11.3 Å². The molecule has 16 nitrogen and oxygen atoms in total. The van der Waals surface area contributed by atoms with Crippen LogP contribution in [0.2, 0.25) is 0 Å². The number of methoxy groups -OCH3 is 2. The van der Waals surface area contributed by atoms with Crippen LogP contribution in [0.3, 0.4) is 0 Å². The minimum atomic E-state index is -1.42. The summed E-state index contributed by atoms with van der Waals surface area (Å²) in [5.74, 6) is -0.541. The molecule has 0 unspecified atom stereocenters. The molecular weight excluding hydrogens is 706 g/mol. The van der Waals surface area contributed by atoms with Crippen LogP contribution in [0.1, 0.15) is 65.2 Å². The van der Waals surface area contributed by atoms with E-state index in [1.807, 2.05) is 30.3 Å². The lowest BCUT2D eigenvalue weighted by molar-refractivity contribution is -0.393. The molecule has 0 saturated carbocycles. The maximum absolute atomic E-state index is 13.7. The molecule has 0 aliphatic carbocycles. The van der Waals surface area contributed by atoms with Crippen molar-refractivity contribution in [3.05, 3.63) is 76.2 Å². The van der Waals surface area contributed by atoms with Gasteiger partial charge in [-0.05, 0) is 59.2 Å². The van der Waals surface area contributed by atoms with Crippen LogP contribution in [0.15, 0.2) is 59.7 Å². The second kappa shape index (κ2) is 16.5. The highest BCUT2D eigenvalue weighted by Gasteiger charge is 2.58. The number of hydrogen-bond acceptors (Lipinski definition) is 14. The normalized spacial score (nSPS) is 34.0. The van der Waals surface area contributed by atoms with Gasteiger partial charge in [0.05, 0.1) is 31.2 Å². The Bertz CT molecular complexity index is 1640. The number of azide groups is 1.